The minimum atomic E-state index is -0.867. The van der Waals surface area contributed by atoms with Gasteiger partial charge in [0.25, 0.3) is 0 Å². The molecule has 0 bridgehead atoms. The highest BCUT2D eigenvalue weighted by Gasteiger charge is 2.22. The molecule has 0 aliphatic rings. The molecule has 0 aliphatic heterocycles. The number of nitrogens with one attached hydrogen (secondary N) is 2. The Balaban J connectivity index is 1.71. The first-order valence-corrected chi connectivity index (χ1v) is 9.23. The lowest BCUT2D eigenvalue weighted by molar-refractivity contribution is -0.137. The summed E-state index contributed by atoms with van der Waals surface area (Å²) in [7, 11) is 0. The standard InChI is InChI=1S/C18H26N6O5/c1-18(2,3)13-11-29-22-14(13)9-20-16(26)7-15(25)19-8-12-10-24(23-21-12)6-4-5-17(27)28/h10-11H,4-9H2,1-3H3,(H,19,25)(H,20,26)(H,27,28). The highest BCUT2D eigenvalue weighted by molar-refractivity contribution is 5.96. The fraction of sp³-hybridized carbons (Fsp3) is 0.556. The summed E-state index contributed by atoms with van der Waals surface area (Å²) in [6.07, 6.45) is 3.35. The molecule has 11 heteroatoms. The van der Waals surface area contributed by atoms with Crippen LogP contribution in [0.1, 0.15) is 57.0 Å². The lowest BCUT2D eigenvalue weighted by atomic mass is 9.87. The van der Waals surface area contributed by atoms with Gasteiger partial charge in [-0.2, -0.15) is 0 Å². The number of rotatable bonds is 10. The van der Waals surface area contributed by atoms with E-state index in [0.717, 1.165) is 5.56 Å². The summed E-state index contributed by atoms with van der Waals surface area (Å²) >= 11 is 0. The van der Waals surface area contributed by atoms with Gasteiger partial charge >= 0.3 is 5.97 Å². The third kappa shape index (κ3) is 7.35. The van der Waals surface area contributed by atoms with Crippen molar-refractivity contribution in [1.29, 1.82) is 0 Å². The van der Waals surface area contributed by atoms with Crippen LogP contribution in [-0.4, -0.2) is 43.0 Å². The van der Waals surface area contributed by atoms with Gasteiger partial charge in [0.2, 0.25) is 11.8 Å². The summed E-state index contributed by atoms with van der Waals surface area (Å²) in [5, 5.41) is 25.6. The Labute approximate surface area is 167 Å². The van der Waals surface area contributed by atoms with E-state index >= 15 is 0 Å². The second-order valence-corrected chi connectivity index (χ2v) is 7.63. The molecule has 0 spiro atoms. The molecule has 0 aliphatic carbocycles. The van der Waals surface area contributed by atoms with Crippen molar-refractivity contribution in [3.8, 4) is 0 Å². The summed E-state index contributed by atoms with van der Waals surface area (Å²) < 4.78 is 6.50. The molecule has 3 N–H and O–H groups in total. The van der Waals surface area contributed by atoms with Gasteiger partial charge < -0.3 is 20.3 Å². The van der Waals surface area contributed by atoms with Crippen molar-refractivity contribution in [1.82, 2.24) is 30.8 Å². The van der Waals surface area contributed by atoms with Crippen LogP contribution in [-0.2, 0) is 39.4 Å². The lowest BCUT2D eigenvalue weighted by Gasteiger charge is -2.17. The molecule has 0 saturated heterocycles. The minimum Gasteiger partial charge on any atom is -0.481 e. The number of aliphatic carboxylic acids is 1. The molecular weight excluding hydrogens is 380 g/mol. The maximum absolute atomic E-state index is 12.0. The summed E-state index contributed by atoms with van der Waals surface area (Å²) in [6, 6.07) is 0. The van der Waals surface area contributed by atoms with Gasteiger partial charge in [-0.3, -0.25) is 19.1 Å². The second kappa shape index (κ2) is 9.80. The van der Waals surface area contributed by atoms with Crippen LogP contribution in [0.3, 0.4) is 0 Å². The van der Waals surface area contributed by atoms with Gasteiger partial charge in [-0.15, -0.1) is 5.10 Å². The maximum atomic E-state index is 12.0. The molecule has 0 atom stereocenters. The quantitative estimate of drug-likeness (QED) is 0.489. The summed E-state index contributed by atoms with van der Waals surface area (Å²) in [6.45, 7) is 6.78. The largest absolute Gasteiger partial charge is 0.481 e. The van der Waals surface area contributed by atoms with Gasteiger partial charge in [-0.1, -0.05) is 31.1 Å². The number of aromatic nitrogens is 4. The smallest absolute Gasteiger partial charge is 0.303 e. The van der Waals surface area contributed by atoms with Crippen LogP contribution in [0.4, 0.5) is 0 Å². The number of amides is 2. The van der Waals surface area contributed by atoms with E-state index in [1.165, 1.54) is 4.68 Å². The predicted molar refractivity (Wildman–Crippen MR) is 100 cm³/mol. The molecule has 0 saturated carbocycles. The summed E-state index contributed by atoms with van der Waals surface area (Å²) in [5.41, 5.74) is 1.88. The van der Waals surface area contributed by atoms with E-state index in [-0.39, 0.29) is 31.3 Å². The first kappa shape index (κ1) is 22.1. The Morgan fingerprint density at radius 3 is 2.52 bits per heavy atom. The molecular formula is C18H26N6O5. The Kier molecular flexibility index (Phi) is 7.46. The molecule has 2 amide bonds. The molecule has 2 heterocycles. The van der Waals surface area contributed by atoms with Gasteiger partial charge in [-0.05, 0) is 11.8 Å². The molecule has 0 radical (unpaired) electrons. The lowest BCUT2D eigenvalue weighted by Crippen LogP contribution is -2.32. The van der Waals surface area contributed by atoms with E-state index in [2.05, 4.69) is 26.1 Å². The molecule has 0 fully saturated rings. The number of carboxylic acid groups (broad SMARTS) is 1. The predicted octanol–water partition coefficient (Wildman–Crippen LogP) is 0.751. The Hall–Kier alpha value is -3.24. The maximum Gasteiger partial charge on any atom is 0.303 e. The topological polar surface area (TPSA) is 152 Å². The van der Waals surface area contributed by atoms with Crippen molar-refractivity contribution in [2.24, 2.45) is 0 Å². The van der Waals surface area contributed by atoms with Gasteiger partial charge in [0.05, 0.1) is 19.3 Å². The first-order chi connectivity index (χ1) is 13.6. The summed E-state index contributed by atoms with van der Waals surface area (Å²) in [5.74, 6) is -1.74. The normalized spacial score (nSPS) is 11.3. The number of hydrogen-bond acceptors (Lipinski definition) is 7. The average molecular weight is 406 g/mol. The van der Waals surface area contributed by atoms with Crippen molar-refractivity contribution in [2.45, 2.75) is 65.1 Å². The Morgan fingerprint density at radius 2 is 1.86 bits per heavy atom. The number of hydrogen-bond donors (Lipinski definition) is 3. The monoisotopic (exact) mass is 406 g/mol. The molecule has 2 rings (SSSR count). The van der Waals surface area contributed by atoms with E-state index in [0.29, 0.717) is 24.4 Å². The van der Waals surface area contributed by atoms with Crippen molar-refractivity contribution >= 4 is 17.8 Å². The summed E-state index contributed by atoms with van der Waals surface area (Å²) in [4.78, 5) is 34.4. The van der Waals surface area contributed by atoms with E-state index in [9.17, 15) is 14.4 Å². The molecule has 0 unspecified atom stereocenters. The van der Waals surface area contributed by atoms with Gasteiger partial charge in [-0.25, -0.2) is 0 Å². The van der Waals surface area contributed by atoms with Crippen LogP contribution in [0.5, 0.6) is 0 Å². The Morgan fingerprint density at radius 1 is 1.17 bits per heavy atom. The highest BCUT2D eigenvalue weighted by Crippen LogP contribution is 2.24. The third-order valence-corrected chi connectivity index (χ3v) is 4.06. The minimum absolute atomic E-state index is 0.0482. The third-order valence-electron chi connectivity index (χ3n) is 4.06. The molecule has 158 valence electrons. The van der Waals surface area contributed by atoms with Crippen molar-refractivity contribution in [3.05, 3.63) is 29.4 Å². The fourth-order valence-electron chi connectivity index (χ4n) is 2.56. The first-order valence-electron chi connectivity index (χ1n) is 9.23. The van der Waals surface area contributed by atoms with Crippen LogP contribution >= 0.6 is 0 Å². The van der Waals surface area contributed by atoms with Crippen molar-refractivity contribution in [2.75, 3.05) is 0 Å². The SMILES string of the molecule is CC(C)(C)c1conc1CNC(=O)CC(=O)NCc1cn(CCCC(=O)O)nn1. The zero-order valence-corrected chi connectivity index (χ0v) is 16.8. The van der Waals surface area contributed by atoms with Crippen molar-refractivity contribution in [3.63, 3.8) is 0 Å². The van der Waals surface area contributed by atoms with E-state index in [1.54, 1.807) is 12.5 Å². The van der Waals surface area contributed by atoms with Gasteiger partial charge in [0, 0.05) is 18.5 Å². The zero-order valence-electron chi connectivity index (χ0n) is 16.8. The van der Waals surface area contributed by atoms with E-state index < -0.39 is 17.8 Å². The van der Waals surface area contributed by atoms with Crippen LogP contribution in [0.2, 0.25) is 0 Å². The van der Waals surface area contributed by atoms with Crippen LogP contribution in [0.15, 0.2) is 17.0 Å². The molecule has 0 aromatic carbocycles. The van der Waals surface area contributed by atoms with Crippen LogP contribution < -0.4 is 10.6 Å². The molecule has 2 aromatic heterocycles. The average Bonchev–Trinajstić information content (AvgIpc) is 3.27. The number of carbonyl (C=O) groups is 3. The second-order valence-electron chi connectivity index (χ2n) is 7.63. The molecule has 29 heavy (non-hydrogen) atoms. The Bertz CT molecular complexity index is 851. The number of aryl methyl sites for hydroxylation is 1. The van der Waals surface area contributed by atoms with E-state index in [4.69, 9.17) is 9.63 Å². The molecule has 2 aromatic rings. The van der Waals surface area contributed by atoms with Crippen molar-refractivity contribution < 1.29 is 24.0 Å². The van der Waals surface area contributed by atoms with E-state index in [1.807, 2.05) is 20.8 Å². The number of nitrogens with zero attached hydrogens (tertiary/aromatic N) is 4. The highest BCUT2D eigenvalue weighted by atomic mass is 16.5. The van der Waals surface area contributed by atoms with Gasteiger partial charge in [0.1, 0.15) is 24.1 Å². The molecule has 11 nitrogen and oxygen atoms in total. The zero-order chi connectivity index (χ0) is 21.4. The van der Waals surface area contributed by atoms with Crippen LogP contribution in [0.25, 0.3) is 0 Å². The number of carboxylic acids is 1. The fourth-order valence-corrected chi connectivity index (χ4v) is 2.56. The van der Waals surface area contributed by atoms with Crippen LogP contribution in [0, 0.1) is 0 Å². The van der Waals surface area contributed by atoms with Gasteiger partial charge in [0.15, 0.2) is 0 Å². The number of carbonyl (C=O) groups excluding carboxylic acids is 2.